The molecule has 0 aromatic carbocycles. The van der Waals surface area contributed by atoms with E-state index in [2.05, 4.69) is 38.7 Å². The highest BCUT2D eigenvalue weighted by Gasteiger charge is 2.21. The molecule has 0 bridgehead atoms. The number of hydrazine groups is 1. The predicted molar refractivity (Wildman–Crippen MR) is 88.9 cm³/mol. The van der Waals surface area contributed by atoms with Crippen LogP contribution in [0.2, 0.25) is 0 Å². The maximum absolute atomic E-state index is 12.2. The van der Waals surface area contributed by atoms with E-state index in [1.807, 2.05) is 6.07 Å². The molecule has 2 heterocycles. The Kier molecular flexibility index (Phi) is 4.35. The second-order valence-corrected chi connectivity index (χ2v) is 7.60. The molecule has 0 aliphatic heterocycles. The Bertz CT molecular complexity index is 722. The first-order chi connectivity index (χ1) is 10.5. The Morgan fingerprint density at radius 1 is 1.32 bits per heavy atom. The minimum absolute atomic E-state index is 0.272. The van der Waals surface area contributed by atoms with Gasteiger partial charge in [-0.25, -0.2) is 0 Å². The second-order valence-electron chi connectivity index (χ2n) is 5.55. The molecule has 3 rings (SSSR count). The Hall–Kier alpha value is -1.60. The van der Waals surface area contributed by atoms with Crippen LogP contribution in [0, 0.1) is 5.92 Å². The minimum atomic E-state index is -0.381. The third-order valence-electron chi connectivity index (χ3n) is 3.73. The molecule has 1 atom stereocenters. The molecular formula is C15H16BrN3O2S. The van der Waals surface area contributed by atoms with Crippen LogP contribution >= 0.6 is 27.3 Å². The van der Waals surface area contributed by atoms with Gasteiger partial charge in [-0.1, -0.05) is 6.92 Å². The first-order valence-electron chi connectivity index (χ1n) is 7.09. The second kappa shape index (κ2) is 6.26. The van der Waals surface area contributed by atoms with E-state index in [1.165, 1.54) is 28.2 Å². The number of thiophene rings is 1. The zero-order valence-corrected chi connectivity index (χ0v) is 14.4. The molecule has 0 saturated heterocycles. The average Bonchev–Trinajstić information content (AvgIpc) is 3.10. The number of halogens is 1. The molecule has 1 aliphatic carbocycles. The number of fused-ring (bicyclic) bond motifs is 1. The molecule has 5 nitrogen and oxygen atoms in total. The maximum atomic E-state index is 12.2. The molecule has 1 unspecified atom stereocenters. The van der Waals surface area contributed by atoms with E-state index < -0.39 is 0 Å². The Morgan fingerprint density at radius 2 is 2.09 bits per heavy atom. The highest BCUT2D eigenvalue weighted by atomic mass is 79.9. The maximum Gasteiger partial charge on any atom is 0.286 e. The summed E-state index contributed by atoms with van der Waals surface area (Å²) >= 11 is 4.78. The quantitative estimate of drug-likeness (QED) is 0.699. The fourth-order valence-corrected chi connectivity index (χ4v) is 4.01. The van der Waals surface area contributed by atoms with E-state index >= 15 is 0 Å². The lowest BCUT2D eigenvalue weighted by Crippen LogP contribution is -2.41. The third-order valence-corrected chi connectivity index (χ3v) is 5.43. The Morgan fingerprint density at radius 3 is 2.82 bits per heavy atom. The van der Waals surface area contributed by atoms with Crippen molar-refractivity contribution in [2.24, 2.45) is 5.92 Å². The normalized spacial score (nSPS) is 16.9. The van der Waals surface area contributed by atoms with Crippen LogP contribution in [0.1, 0.15) is 43.9 Å². The van der Waals surface area contributed by atoms with Crippen molar-refractivity contribution in [3.8, 4) is 0 Å². The van der Waals surface area contributed by atoms with E-state index in [9.17, 15) is 9.59 Å². The van der Waals surface area contributed by atoms with Crippen LogP contribution in [0.4, 0.5) is 0 Å². The van der Waals surface area contributed by atoms with Gasteiger partial charge in [0.2, 0.25) is 0 Å². The molecule has 2 aromatic rings. The zero-order valence-electron chi connectivity index (χ0n) is 12.0. The number of aromatic amines is 1. The van der Waals surface area contributed by atoms with Crippen molar-refractivity contribution in [3.63, 3.8) is 0 Å². The number of hydrogen-bond acceptors (Lipinski definition) is 3. The predicted octanol–water partition coefficient (Wildman–Crippen LogP) is 3.04. The summed E-state index contributed by atoms with van der Waals surface area (Å²) in [6.45, 7) is 2.23. The number of hydrogen-bond donors (Lipinski definition) is 3. The highest BCUT2D eigenvalue weighted by Crippen LogP contribution is 2.32. The smallest absolute Gasteiger partial charge is 0.286 e. The SMILES string of the molecule is CC1CCc2sc(C(=O)NNC(=O)c3cc(Br)c[nH]3)cc2C1. The molecule has 0 radical (unpaired) electrons. The Labute approximate surface area is 140 Å². The van der Waals surface area contributed by atoms with Gasteiger partial charge >= 0.3 is 0 Å². The number of carbonyl (C=O) groups is 2. The topological polar surface area (TPSA) is 74.0 Å². The lowest BCUT2D eigenvalue weighted by atomic mass is 9.90. The summed E-state index contributed by atoms with van der Waals surface area (Å²) in [7, 11) is 0. The fraction of sp³-hybridized carbons (Fsp3) is 0.333. The summed E-state index contributed by atoms with van der Waals surface area (Å²) in [5.74, 6) is 0.0176. The van der Waals surface area contributed by atoms with Crippen LogP contribution in [0.15, 0.2) is 22.8 Å². The lowest BCUT2D eigenvalue weighted by Gasteiger charge is -2.16. The molecule has 3 N–H and O–H groups in total. The first kappa shape index (κ1) is 15.3. The first-order valence-corrected chi connectivity index (χ1v) is 8.70. The van der Waals surface area contributed by atoms with Crippen molar-refractivity contribution in [1.29, 1.82) is 0 Å². The molecule has 1 aliphatic rings. The van der Waals surface area contributed by atoms with Gasteiger partial charge < -0.3 is 4.98 Å². The molecule has 116 valence electrons. The minimum Gasteiger partial charge on any atom is -0.356 e. The largest absolute Gasteiger partial charge is 0.356 e. The van der Waals surface area contributed by atoms with Gasteiger partial charge in [-0.3, -0.25) is 20.4 Å². The van der Waals surface area contributed by atoms with E-state index in [0.29, 0.717) is 16.5 Å². The van der Waals surface area contributed by atoms with Gasteiger partial charge in [0.05, 0.1) is 4.88 Å². The standard InChI is InChI=1S/C15H16BrN3O2S/c1-8-2-3-12-9(4-8)5-13(22-12)15(21)19-18-14(20)11-6-10(16)7-17-11/h5-8,17H,2-4H2,1H3,(H,18,20)(H,19,21). The van der Waals surface area contributed by atoms with Crippen molar-refractivity contribution >= 4 is 39.1 Å². The summed E-state index contributed by atoms with van der Waals surface area (Å²) in [6, 6.07) is 3.59. The summed E-state index contributed by atoms with van der Waals surface area (Å²) in [5, 5.41) is 0. The van der Waals surface area contributed by atoms with Crippen LogP contribution in [0.3, 0.4) is 0 Å². The lowest BCUT2D eigenvalue weighted by molar-refractivity contribution is 0.0846. The summed E-state index contributed by atoms with van der Waals surface area (Å²) in [5.41, 5.74) is 6.53. The Balaban J connectivity index is 1.62. The van der Waals surface area contributed by atoms with Crippen LogP contribution in [-0.2, 0) is 12.8 Å². The molecule has 2 amide bonds. The zero-order chi connectivity index (χ0) is 15.7. The van der Waals surface area contributed by atoms with Crippen molar-refractivity contribution in [3.05, 3.63) is 43.8 Å². The van der Waals surface area contributed by atoms with Crippen LogP contribution < -0.4 is 10.9 Å². The summed E-state index contributed by atoms with van der Waals surface area (Å²) in [4.78, 5) is 28.8. The van der Waals surface area contributed by atoms with Crippen LogP contribution in [-0.4, -0.2) is 16.8 Å². The summed E-state index contributed by atoms with van der Waals surface area (Å²) in [6.07, 6.45) is 4.90. The van der Waals surface area contributed by atoms with Gasteiger partial charge in [-0.2, -0.15) is 0 Å². The molecular weight excluding hydrogens is 366 g/mol. The fourth-order valence-electron chi connectivity index (χ4n) is 2.56. The summed E-state index contributed by atoms with van der Waals surface area (Å²) < 4.78 is 0.782. The van der Waals surface area contributed by atoms with Crippen LogP contribution in [0.5, 0.6) is 0 Å². The number of carbonyl (C=O) groups excluding carboxylic acids is 2. The monoisotopic (exact) mass is 381 g/mol. The van der Waals surface area contributed by atoms with Crippen LogP contribution in [0.25, 0.3) is 0 Å². The number of aromatic nitrogens is 1. The van der Waals surface area contributed by atoms with Gasteiger partial charge in [-0.15, -0.1) is 11.3 Å². The average molecular weight is 382 g/mol. The van der Waals surface area contributed by atoms with Gasteiger partial charge in [-0.05, 0) is 58.8 Å². The molecule has 2 aromatic heterocycles. The molecule has 0 saturated carbocycles. The molecule has 7 heteroatoms. The molecule has 22 heavy (non-hydrogen) atoms. The van der Waals surface area contributed by atoms with Gasteiger partial charge in [0.25, 0.3) is 11.8 Å². The highest BCUT2D eigenvalue weighted by molar-refractivity contribution is 9.10. The van der Waals surface area contributed by atoms with Crippen molar-refractivity contribution in [2.75, 3.05) is 0 Å². The van der Waals surface area contributed by atoms with Crippen molar-refractivity contribution in [1.82, 2.24) is 15.8 Å². The third kappa shape index (κ3) is 3.25. The number of rotatable bonds is 2. The molecule has 0 spiro atoms. The van der Waals surface area contributed by atoms with Gasteiger partial charge in [0, 0.05) is 15.5 Å². The number of H-pyrrole nitrogens is 1. The number of nitrogens with one attached hydrogen (secondary N) is 3. The van der Waals surface area contributed by atoms with E-state index in [4.69, 9.17) is 0 Å². The van der Waals surface area contributed by atoms with E-state index in [0.717, 1.165) is 17.3 Å². The molecule has 0 fully saturated rings. The van der Waals surface area contributed by atoms with E-state index in [1.54, 1.807) is 12.3 Å². The van der Waals surface area contributed by atoms with E-state index in [-0.39, 0.29) is 11.8 Å². The number of amides is 2. The van der Waals surface area contributed by atoms with Gasteiger partial charge in [0.15, 0.2) is 0 Å². The number of aryl methyl sites for hydroxylation is 1. The van der Waals surface area contributed by atoms with Crippen molar-refractivity contribution in [2.45, 2.75) is 26.2 Å². The van der Waals surface area contributed by atoms with Crippen molar-refractivity contribution < 1.29 is 9.59 Å². The van der Waals surface area contributed by atoms with Gasteiger partial charge in [0.1, 0.15) is 5.69 Å².